The van der Waals surface area contributed by atoms with Crippen LogP contribution in [0.4, 0.5) is 5.69 Å². The molecular weight excluding hydrogens is 376 g/mol. The van der Waals surface area contributed by atoms with E-state index in [0.29, 0.717) is 17.1 Å². The van der Waals surface area contributed by atoms with Crippen LogP contribution in [0.5, 0.6) is 0 Å². The molecule has 0 aromatic heterocycles. The van der Waals surface area contributed by atoms with Crippen molar-refractivity contribution >= 4 is 35.0 Å². The number of aryl methyl sites for hydroxylation is 2. The smallest absolute Gasteiger partial charge is 0.235 e. The number of benzene rings is 1. The van der Waals surface area contributed by atoms with Gasteiger partial charge in [0.15, 0.2) is 0 Å². The predicted molar refractivity (Wildman–Crippen MR) is 110 cm³/mol. The van der Waals surface area contributed by atoms with Gasteiger partial charge in [0.25, 0.3) is 0 Å². The number of imide groups is 1. The Morgan fingerprint density at radius 1 is 1.25 bits per heavy atom. The van der Waals surface area contributed by atoms with Crippen LogP contribution in [0.1, 0.15) is 57.6 Å². The minimum Gasteiger partial charge on any atom is -0.325 e. The number of rotatable bonds is 5. The normalized spacial score (nSPS) is 25.9. The van der Waals surface area contributed by atoms with Crippen molar-refractivity contribution in [3.8, 4) is 0 Å². The molecule has 1 saturated carbocycles. The summed E-state index contributed by atoms with van der Waals surface area (Å²) in [7, 11) is 0. The van der Waals surface area contributed by atoms with Gasteiger partial charge in [-0.05, 0) is 55.7 Å². The molecule has 1 aliphatic carbocycles. The summed E-state index contributed by atoms with van der Waals surface area (Å²) in [5.74, 6) is -0.449. The number of hydrogen-bond donors (Lipinski definition) is 1. The second kappa shape index (κ2) is 7.18. The molecule has 1 aromatic carbocycles. The summed E-state index contributed by atoms with van der Waals surface area (Å²) in [5, 5.41) is 3.37. The van der Waals surface area contributed by atoms with Crippen LogP contribution in [0.15, 0.2) is 12.1 Å². The van der Waals surface area contributed by atoms with Crippen LogP contribution >= 0.6 is 11.6 Å². The van der Waals surface area contributed by atoms with Crippen molar-refractivity contribution in [1.82, 2.24) is 4.90 Å². The molecule has 1 aliphatic heterocycles. The highest BCUT2D eigenvalue weighted by Crippen LogP contribution is 2.60. The van der Waals surface area contributed by atoms with E-state index in [1.807, 2.05) is 46.8 Å². The van der Waals surface area contributed by atoms with Crippen LogP contribution in [0.25, 0.3) is 0 Å². The number of nitrogens with one attached hydrogen (secondary N) is 1. The van der Waals surface area contributed by atoms with Gasteiger partial charge in [-0.2, -0.15) is 0 Å². The Labute approximate surface area is 171 Å². The zero-order valence-electron chi connectivity index (χ0n) is 17.3. The maximum Gasteiger partial charge on any atom is 0.235 e. The Morgan fingerprint density at radius 2 is 1.93 bits per heavy atom. The Hall–Kier alpha value is -1.88. The number of carbonyl (C=O) groups excluding carboxylic acids is 3. The van der Waals surface area contributed by atoms with Crippen LogP contribution in [0.2, 0.25) is 5.02 Å². The van der Waals surface area contributed by atoms with E-state index in [1.54, 1.807) is 0 Å². The van der Waals surface area contributed by atoms with Crippen molar-refractivity contribution in [2.75, 3.05) is 11.9 Å². The third-order valence-electron chi connectivity index (χ3n) is 6.99. The second-order valence-electron chi connectivity index (χ2n) is 9.03. The van der Waals surface area contributed by atoms with Gasteiger partial charge in [0.05, 0.1) is 16.1 Å². The molecule has 0 spiro atoms. The quantitative estimate of drug-likeness (QED) is 0.735. The lowest BCUT2D eigenvalue weighted by atomic mass is 9.62. The largest absolute Gasteiger partial charge is 0.325 e. The van der Waals surface area contributed by atoms with Gasteiger partial charge in [-0.15, -0.1) is 0 Å². The third-order valence-corrected chi connectivity index (χ3v) is 7.29. The SMILES string of the molecule is Cc1cc(C)c(NC(=O)CCCN2C(=O)C3CCC(C)(C2=O)C3(C)C)c(Cl)c1. The molecule has 5 nitrogen and oxygen atoms in total. The average molecular weight is 405 g/mol. The van der Waals surface area contributed by atoms with E-state index in [0.717, 1.165) is 24.0 Å². The maximum absolute atomic E-state index is 13.0. The number of likely N-dealkylation sites (tertiary alicyclic amines) is 1. The number of anilines is 1. The van der Waals surface area contributed by atoms with E-state index in [4.69, 9.17) is 11.6 Å². The molecule has 3 rings (SSSR count). The van der Waals surface area contributed by atoms with Gasteiger partial charge in [0.2, 0.25) is 17.7 Å². The predicted octanol–water partition coefficient (Wildman–Crippen LogP) is 4.49. The fraction of sp³-hybridized carbons (Fsp3) is 0.591. The van der Waals surface area contributed by atoms with E-state index in [9.17, 15) is 14.4 Å². The highest BCUT2D eigenvalue weighted by Gasteiger charge is 2.64. The van der Waals surface area contributed by atoms with Crippen molar-refractivity contribution in [2.45, 2.75) is 60.3 Å². The van der Waals surface area contributed by atoms with Crippen molar-refractivity contribution in [3.05, 3.63) is 28.3 Å². The number of halogens is 1. The molecule has 1 aromatic rings. The fourth-order valence-electron chi connectivity index (χ4n) is 4.79. The zero-order chi connectivity index (χ0) is 20.9. The highest BCUT2D eigenvalue weighted by atomic mass is 35.5. The molecule has 2 atom stereocenters. The topological polar surface area (TPSA) is 66.5 Å². The number of carbonyl (C=O) groups is 3. The molecule has 1 heterocycles. The minimum absolute atomic E-state index is 0.0807. The van der Waals surface area contributed by atoms with Gasteiger partial charge in [-0.3, -0.25) is 19.3 Å². The van der Waals surface area contributed by atoms with Gasteiger partial charge in [-0.25, -0.2) is 0 Å². The van der Waals surface area contributed by atoms with Gasteiger partial charge >= 0.3 is 0 Å². The third kappa shape index (κ3) is 3.24. The number of fused-ring (bicyclic) bond motifs is 2. The van der Waals surface area contributed by atoms with E-state index >= 15 is 0 Å². The maximum atomic E-state index is 13.0. The van der Waals surface area contributed by atoms with Crippen LogP contribution < -0.4 is 5.32 Å². The summed E-state index contributed by atoms with van der Waals surface area (Å²) < 4.78 is 0. The second-order valence-corrected chi connectivity index (χ2v) is 9.44. The van der Waals surface area contributed by atoms with Crippen LogP contribution in [-0.2, 0) is 14.4 Å². The lowest BCUT2D eigenvalue weighted by molar-refractivity contribution is -0.168. The zero-order valence-corrected chi connectivity index (χ0v) is 18.1. The lowest BCUT2D eigenvalue weighted by Gasteiger charge is -2.47. The number of nitrogens with zero attached hydrogens (tertiary/aromatic N) is 1. The molecule has 1 N–H and O–H groups in total. The van der Waals surface area contributed by atoms with E-state index in [1.165, 1.54) is 4.90 Å². The highest BCUT2D eigenvalue weighted by molar-refractivity contribution is 6.34. The molecule has 2 bridgehead atoms. The number of hydrogen-bond acceptors (Lipinski definition) is 3. The monoisotopic (exact) mass is 404 g/mol. The Kier molecular flexibility index (Phi) is 5.34. The van der Waals surface area contributed by atoms with Crippen molar-refractivity contribution < 1.29 is 14.4 Å². The summed E-state index contributed by atoms with van der Waals surface area (Å²) in [6.07, 6.45) is 2.17. The molecule has 3 amide bonds. The molecule has 152 valence electrons. The average Bonchev–Trinajstić information content (AvgIpc) is 2.78. The van der Waals surface area contributed by atoms with E-state index < -0.39 is 5.41 Å². The Morgan fingerprint density at radius 3 is 2.57 bits per heavy atom. The van der Waals surface area contributed by atoms with Crippen molar-refractivity contribution in [3.63, 3.8) is 0 Å². The van der Waals surface area contributed by atoms with Crippen LogP contribution in [-0.4, -0.2) is 29.2 Å². The molecular formula is C22H29ClN2O3. The summed E-state index contributed by atoms with van der Waals surface area (Å²) in [6, 6.07) is 3.78. The van der Waals surface area contributed by atoms with Gasteiger partial charge < -0.3 is 5.32 Å². The van der Waals surface area contributed by atoms with Crippen LogP contribution in [0, 0.1) is 30.6 Å². The van der Waals surface area contributed by atoms with Crippen molar-refractivity contribution in [2.24, 2.45) is 16.7 Å². The van der Waals surface area contributed by atoms with Gasteiger partial charge in [0.1, 0.15) is 0 Å². The molecule has 0 radical (unpaired) electrons. The fourth-order valence-corrected chi connectivity index (χ4v) is 5.16. The van der Waals surface area contributed by atoms with Gasteiger partial charge in [0, 0.05) is 18.9 Å². The first-order chi connectivity index (χ1) is 13.0. The first-order valence-electron chi connectivity index (χ1n) is 9.91. The molecule has 1 saturated heterocycles. The molecule has 2 unspecified atom stereocenters. The summed E-state index contributed by atoms with van der Waals surface area (Å²) in [4.78, 5) is 39.6. The van der Waals surface area contributed by atoms with Crippen molar-refractivity contribution in [1.29, 1.82) is 0 Å². The first-order valence-corrected chi connectivity index (χ1v) is 10.3. The Bertz CT molecular complexity index is 825. The van der Waals surface area contributed by atoms with Gasteiger partial charge in [-0.1, -0.05) is 38.4 Å². The van der Waals surface area contributed by atoms with E-state index in [-0.39, 0.29) is 42.0 Å². The molecule has 28 heavy (non-hydrogen) atoms. The Balaban J connectivity index is 1.61. The molecule has 6 heteroatoms. The summed E-state index contributed by atoms with van der Waals surface area (Å²) in [6.45, 7) is 10.2. The van der Waals surface area contributed by atoms with Crippen LogP contribution in [0.3, 0.4) is 0 Å². The number of piperidine rings is 1. The lowest BCUT2D eigenvalue weighted by Crippen LogP contribution is -2.59. The standard InChI is InChI=1S/C22H29ClN2O3/c1-13-11-14(2)18(16(23)12-13)24-17(26)7-6-10-25-19(27)15-8-9-22(5,20(25)28)21(15,3)4/h11-12,15H,6-10H2,1-5H3,(H,24,26). The molecule has 2 aliphatic rings. The summed E-state index contributed by atoms with van der Waals surface area (Å²) in [5.41, 5.74) is 1.75. The first kappa shape index (κ1) is 20.8. The molecule has 2 fully saturated rings. The van der Waals surface area contributed by atoms with E-state index in [2.05, 4.69) is 5.32 Å². The summed E-state index contributed by atoms with van der Waals surface area (Å²) >= 11 is 6.24. The number of amides is 3. The minimum atomic E-state index is -0.500.